The van der Waals surface area contributed by atoms with Crippen LogP contribution in [0.4, 0.5) is 0 Å². The number of aromatic amines is 1. The molecular formula is C16H22N2O2. The molecule has 1 aromatic rings. The SMILES string of the molecule is O=C(O)CC(c1cn[nH]c1)C12CC3CC(CC(C3)C1)C2. The zero-order valence-electron chi connectivity index (χ0n) is 11.7. The molecule has 1 atom stereocenters. The summed E-state index contributed by atoms with van der Waals surface area (Å²) in [5.74, 6) is 2.03. The Bertz CT molecular complexity index is 473. The Hall–Kier alpha value is -1.32. The molecule has 0 aliphatic heterocycles. The lowest BCUT2D eigenvalue weighted by Gasteiger charge is -2.59. The summed E-state index contributed by atoms with van der Waals surface area (Å²) in [5.41, 5.74) is 1.34. The first-order valence-electron chi connectivity index (χ1n) is 7.85. The van der Waals surface area contributed by atoms with E-state index in [9.17, 15) is 9.90 Å². The minimum atomic E-state index is -0.674. The van der Waals surface area contributed by atoms with Crippen molar-refractivity contribution in [2.24, 2.45) is 23.2 Å². The number of aromatic nitrogens is 2. The monoisotopic (exact) mass is 274 g/mol. The summed E-state index contributed by atoms with van der Waals surface area (Å²) >= 11 is 0. The molecule has 4 fully saturated rings. The largest absolute Gasteiger partial charge is 0.481 e. The first kappa shape index (κ1) is 12.4. The van der Waals surface area contributed by atoms with E-state index in [1.165, 1.54) is 38.5 Å². The fourth-order valence-electron chi connectivity index (χ4n) is 5.92. The third-order valence-electron chi connectivity index (χ3n) is 6.13. The van der Waals surface area contributed by atoms with Gasteiger partial charge in [-0.25, -0.2) is 0 Å². The highest BCUT2D eigenvalue weighted by molar-refractivity contribution is 5.68. The molecule has 4 aliphatic carbocycles. The smallest absolute Gasteiger partial charge is 0.303 e. The summed E-state index contributed by atoms with van der Waals surface area (Å²) in [6.07, 6.45) is 11.9. The lowest BCUT2D eigenvalue weighted by molar-refractivity contribution is -0.140. The van der Waals surface area contributed by atoms with Crippen molar-refractivity contribution in [1.29, 1.82) is 0 Å². The molecular weight excluding hydrogens is 252 g/mol. The maximum atomic E-state index is 11.4. The summed E-state index contributed by atoms with van der Waals surface area (Å²) in [6.45, 7) is 0. The van der Waals surface area contributed by atoms with Crippen LogP contribution in [0.2, 0.25) is 0 Å². The third kappa shape index (κ3) is 1.88. The average molecular weight is 274 g/mol. The van der Waals surface area contributed by atoms with Crippen LogP contribution in [0.25, 0.3) is 0 Å². The van der Waals surface area contributed by atoms with Gasteiger partial charge in [0.1, 0.15) is 0 Å². The molecule has 4 saturated carbocycles. The van der Waals surface area contributed by atoms with E-state index in [2.05, 4.69) is 10.2 Å². The molecule has 108 valence electrons. The van der Waals surface area contributed by atoms with E-state index in [0.717, 1.165) is 23.3 Å². The summed E-state index contributed by atoms with van der Waals surface area (Å²) < 4.78 is 0. The zero-order chi connectivity index (χ0) is 13.7. The van der Waals surface area contributed by atoms with E-state index in [4.69, 9.17) is 0 Å². The second kappa shape index (κ2) is 4.34. The van der Waals surface area contributed by atoms with E-state index in [0.29, 0.717) is 0 Å². The van der Waals surface area contributed by atoms with Crippen LogP contribution in [0.3, 0.4) is 0 Å². The summed E-state index contributed by atoms with van der Waals surface area (Å²) in [4.78, 5) is 11.4. The Morgan fingerprint density at radius 3 is 2.35 bits per heavy atom. The van der Waals surface area contributed by atoms with Gasteiger partial charge in [0, 0.05) is 12.1 Å². The molecule has 2 N–H and O–H groups in total. The van der Waals surface area contributed by atoms with Gasteiger partial charge in [0.15, 0.2) is 0 Å². The molecule has 0 saturated heterocycles. The van der Waals surface area contributed by atoms with Crippen molar-refractivity contribution in [3.63, 3.8) is 0 Å². The number of nitrogens with one attached hydrogen (secondary N) is 1. The molecule has 20 heavy (non-hydrogen) atoms. The Labute approximate surface area is 119 Å². The average Bonchev–Trinajstić information content (AvgIpc) is 2.87. The van der Waals surface area contributed by atoms with Gasteiger partial charge in [0.05, 0.1) is 12.6 Å². The normalized spacial score (nSPS) is 39.9. The third-order valence-corrected chi connectivity index (χ3v) is 6.13. The number of H-pyrrole nitrogens is 1. The van der Waals surface area contributed by atoms with Crippen LogP contribution in [0, 0.1) is 23.2 Å². The second-order valence-electron chi connectivity index (χ2n) is 7.46. The van der Waals surface area contributed by atoms with Gasteiger partial charge in [0.25, 0.3) is 0 Å². The number of carboxylic acids is 1. The van der Waals surface area contributed by atoms with Crippen molar-refractivity contribution in [3.8, 4) is 0 Å². The van der Waals surface area contributed by atoms with Crippen LogP contribution in [-0.2, 0) is 4.79 Å². The topological polar surface area (TPSA) is 66.0 Å². The molecule has 4 aliphatic rings. The van der Waals surface area contributed by atoms with Crippen LogP contribution < -0.4 is 0 Å². The number of rotatable bonds is 4. The Morgan fingerprint density at radius 1 is 1.30 bits per heavy atom. The van der Waals surface area contributed by atoms with Gasteiger partial charge in [-0.05, 0) is 67.3 Å². The first-order chi connectivity index (χ1) is 9.64. The van der Waals surface area contributed by atoms with Crippen LogP contribution in [0.1, 0.15) is 56.4 Å². The zero-order valence-corrected chi connectivity index (χ0v) is 11.7. The van der Waals surface area contributed by atoms with Gasteiger partial charge >= 0.3 is 5.97 Å². The van der Waals surface area contributed by atoms with Crippen molar-refractivity contribution < 1.29 is 9.90 Å². The number of carbonyl (C=O) groups is 1. The maximum absolute atomic E-state index is 11.4. The predicted octanol–water partition coefficient (Wildman–Crippen LogP) is 3.18. The quantitative estimate of drug-likeness (QED) is 0.886. The maximum Gasteiger partial charge on any atom is 0.303 e. The first-order valence-corrected chi connectivity index (χ1v) is 7.85. The molecule has 1 aromatic heterocycles. The number of hydrogen-bond acceptors (Lipinski definition) is 2. The molecule has 0 amide bonds. The highest BCUT2D eigenvalue weighted by Crippen LogP contribution is 2.65. The Kier molecular flexibility index (Phi) is 2.69. The molecule has 4 nitrogen and oxygen atoms in total. The van der Waals surface area contributed by atoms with Gasteiger partial charge in [-0.1, -0.05) is 0 Å². The molecule has 4 heteroatoms. The number of nitrogens with zero attached hydrogens (tertiary/aromatic N) is 1. The molecule has 4 bridgehead atoms. The van der Waals surface area contributed by atoms with E-state index in [1.54, 1.807) is 0 Å². The highest BCUT2D eigenvalue weighted by atomic mass is 16.4. The minimum absolute atomic E-state index is 0.146. The van der Waals surface area contributed by atoms with Gasteiger partial charge in [-0.3, -0.25) is 9.89 Å². The van der Waals surface area contributed by atoms with E-state index in [1.807, 2.05) is 12.4 Å². The lowest BCUT2D eigenvalue weighted by Crippen LogP contribution is -2.49. The van der Waals surface area contributed by atoms with Crippen molar-refractivity contribution in [2.75, 3.05) is 0 Å². The second-order valence-corrected chi connectivity index (χ2v) is 7.46. The fraction of sp³-hybridized carbons (Fsp3) is 0.750. The fourth-order valence-corrected chi connectivity index (χ4v) is 5.92. The van der Waals surface area contributed by atoms with Crippen molar-refractivity contribution in [1.82, 2.24) is 10.2 Å². The van der Waals surface area contributed by atoms with Gasteiger partial charge in [0.2, 0.25) is 0 Å². The number of carboxylic acid groups (broad SMARTS) is 1. The van der Waals surface area contributed by atoms with E-state index >= 15 is 0 Å². The highest BCUT2D eigenvalue weighted by Gasteiger charge is 2.54. The summed E-state index contributed by atoms with van der Waals surface area (Å²) in [5, 5.41) is 16.3. The van der Waals surface area contributed by atoms with Crippen LogP contribution in [-0.4, -0.2) is 21.3 Å². The van der Waals surface area contributed by atoms with Gasteiger partial charge in [-0.15, -0.1) is 0 Å². The Morgan fingerprint density at radius 2 is 1.90 bits per heavy atom. The Balaban J connectivity index is 1.70. The van der Waals surface area contributed by atoms with Crippen molar-refractivity contribution in [2.45, 2.75) is 50.9 Å². The van der Waals surface area contributed by atoms with Crippen molar-refractivity contribution >= 4 is 5.97 Å². The van der Waals surface area contributed by atoms with E-state index in [-0.39, 0.29) is 17.8 Å². The number of hydrogen-bond donors (Lipinski definition) is 2. The number of aliphatic carboxylic acids is 1. The molecule has 0 spiro atoms. The molecule has 5 rings (SSSR count). The van der Waals surface area contributed by atoms with Gasteiger partial charge < -0.3 is 5.11 Å². The standard InChI is InChI=1S/C16H22N2O2/c19-15(20)4-14(13-8-17-18-9-13)16-5-10-1-11(6-16)3-12(2-10)7-16/h8-12,14H,1-7H2,(H,17,18)(H,19,20). The van der Waals surface area contributed by atoms with Crippen LogP contribution in [0.5, 0.6) is 0 Å². The lowest BCUT2D eigenvalue weighted by atomic mass is 9.45. The molecule has 0 aromatic carbocycles. The molecule has 1 heterocycles. The molecule has 0 radical (unpaired) electrons. The summed E-state index contributed by atoms with van der Waals surface area (Å²) in [6, 6.07) is 0. The van der Waals surface area contributed by atoms with Crippen LogP contribution in [0.15, 0.2) is 12.4 Å². The van der Waals surface area contributed by atoms with E-state index < -0.39 is 5.97 Å². The summed E-state index contributed by atoms with van der Waals surface area (Å²) in [7, 11) is 0. The predicted molar refractivity (Wildman–Crippen MR) is 74.2 cm³/mol. The van der Waals surface area contributed by atoms with Crippen LogP contribution >= 0.6 is 0 Å². The van der Waals surface area contributed by atoms with Crippen molar-refractivity contribution in [3.05, 3.63) is 18.0 Å². The molecule has 1 unspecified atom stereocenters. The van der Waals surface area contributed by atoms with Gasteiger partial charge in [-0.2, -0.15) is 5.10 Å². The minimum Gasteiger partial charge on any atom is -0.481 e.